The smallest absolute Gasteiger partial charge is 0.337 e. The molecule has 3 nitrogen and oxygen atoms in total. The van der Waals surface area contributed by atoms with Gasteiger partial charge in [-0.2, -0.15) is 0 Å². The van der Waals surface area contributed by atoms with E-state index in [-0.39, 0.29) is 11.1 Å². The fourth-order valence-electron chi connectivity index (χ4n) is 1.21. The van der Waals surface area contributed by atoms with E-state index in [1.807, 2.05) is 7.05 Å². The Balaban J connectivity index is 2.82. The molecule has 17 heavy (non-hydrogen) atoms. The monoisotopic (exact) mass is 235 g/mol. The first-order valence-electron chi connectivity index (χ1n) is 5.20. The van der Waals surface area contributed by atoms with E-state index in [9.17, 15) is 9.18 Å². The van der Waals surface area contributed by atoms with E-state index in [2.05, 4.69) is 21.9 Å². The van der Waals surface area contributed by atoms with Crippen LogP contribution < -0.4 is 5.32 Å². The molecule has 0 aromatic heterocycles. The summed E-state index contributed by atoms with van der Waals surface area (Å²) in [6, 6.07) is 4.11. The molecule has 0 aliphatic rings. The lowest BCUT2D eigenvalue weighted by Gasteiger charge is -2.00. The summed E-state index contributed by atoms with van der Waals surface area (Å²) in [7, 11) is 3.08. The summed E-state index contributed by atoms with van der Waals surface area (Å²) >= 11 is 0. The van der Waals surface area contributed by atoms with Crippen molar-refractivity contribution in [2.75, 3.05) is 20.7 Å². The van der Waals surface area contributed by atoms with Crippen LogP contribution in [0.15, 0.2) is 18.2 Å². The number of hydrogen-bond acceptors (Lipinski definition) is 3. The van der Waals surface area contributed by atoms with Crippen molar-refractivity contribution in [3.05, 3.63) is 35.1 Å². The molecule has 1 rings (SSSR count). The molecule has 0 radical (unpaired) electrons. The van der Waals surface area contributed by atoms with Crippen molar-refractivity contribution in [3.8, 4) is 11.8 Å². The quantitative estimate of drug-likeness (QED) is 0.491. The first-order chi connectivity index (χ1) is 8.19. The molecule has 0 aliphatic heterocycles. The van der Waals surface area contributed by atoms with E-state index in [1.54, 1.807) is 0 Å². The molecule has 0 heterocycles. The van der Waals surface area contributed by atoms with Crippen LogP contribution in [0.5, 0.6) is 0 Å². The first-order valence-corrected chi connectivity index (χ1v) is 5.20. The lowest BCUT2D eigenvalue weighted by atomic mass is 10.1. The Kier molecular flexibility index (Phi) is 5.18. The molecular weight excluding hydrogens is 221 g/mol. The number of methoxy groups -OCH3 is 1. The van der Waals surface area contributed by atoms with Crippen molar-refractivity contribution in [2.45, 2.75) is 6.42 Å². The minimum absolute atomic E-state index is 0.186. The van der Waals surface area contributed by atoms with Crippen LogP contribution in [-0.2, 0) is 4.74 Å². The molecule has 0 unspecified atom stereocenters. The Bertz CT molecular complexity index is 460. The third-order valence-corrected chi connectivity index (χ3v) is 2.11. The van der Waals surface area contributed by atoms with E-state index in [4.69, 9.17) is 0 Å². The van der Waals surface area contributed by atoms with Crippen molar-refractivity contribution < 1.29 is 13.9 Å². The summed E-state index contributed by atoms with van der Waals surface area (Å²) < 4.78 is 18.0. The Morgan fingerprint density at radius 3 is 2.88 bits per heavy atom. The average molecular weight is 235 g/mol. The standard InChI is InChI=1S/C13H14FNO2/c1-15-8-4-3-5-10-6-7-11(9-12(10)14)13(16)17-2/h6-7,9,15H,4,8H2,1-2H3. The summed E-state index contributed by atoms with van der Waals surface area (Å²) in [6.07, 6.45) is 0.648. The van der Waals surface area contributed by atoms with Gasteiger partial charge in [0, 0.05) is 13.0 Å². The maximum atomic E-state index is 13.5. The molecule has 0 spiro atoms. The summed E-state index contributed by atoms with van der Waals surface area (Å²) in [6.45, 7) is 0.759. The van der Waals surface area contributed by atoms with Gasteiger partial charge in [-0.15, -0.1) is 0 Å². The van der Waals surface area contributed by atoms with Gasteiger partial charge in [-0.05, 0) is 25.2 Å². The molecule has 0 saturated heterocycles. The predicted molar refractivity (Wildman–Crippen MR) is 63.2 cm³/mol. The second-order valence-electron chi connectivity index (χ2n) is 3.34. The highest BCUT2D eigenvalue weighted by Crippen LogP contribution is 2.10. The van der Waals surface area contributed by atoms with E-state index in [0.29, 0.717) is 6.42 Å². The Morgan fingerprint density at radius 1 is 1.53 bits per heavy atom. The van der Waals surface area contributed by atoms with Crippen LogP contribution in [0.3, 0.4) is 0 Å². The van der Waals surface area contributed by atoms with Crippen molar-refractivity contribution in [1.29, 1.82) is 0 Å². The van der Waals surface area contributed by atoms with Crippen LogP contribution in [0.1, 0.15) is 22.3 Å². The Morgan fingerprint density at radius 2 is 2.29 bits per heavy atom. The highest BCUT2D eigenvalue weighted by Gasteiger charge is 2.08. The minimum atomic E-state index is -0.557. The Labute approximate surface area is 100.0 Å². The van der Waals surface area contributed by atoms with Gasteiger partial charge in [0.25, 0.3) is 0 Å². The third-order valence-electron chi connectivity index (χ3n) is 2.11. The fourth-order valence-corrected chi connectivity index (χ4v) is 1.21. The van der Waals surface area contributed by atoms with Gasteiger partial charge in [0.05, 0.1) is 18.2 Å². The van der Waals surface area contributed by atoms with Crippen molar-refractivity contribution in [1.82, 2.24) is 5.32 Å². The van der Waals surface area contributed by atoms with Gasteiger partial charge in [0.1, 0.15) is 5.82 Å². The molecule has 0 atom stereocenters. The van der Waals surface area contributed by atoms with E-state index in [1.165, 1.54) is 19.2 Å². The molecule has 0 aliphatic carbocycles. The Hall–Kier alpha value is -1.86. The maximum absolute atomic E-state index is 13.5. The van der Waals surface area contributed by atoms with Gasteiger partial charge in [-0.1, -0.05) is 11.8 Å². The number of esters is 1. The highest BCUT2D eigenvalue weighted by atomic mass is 19.1. The lowest BCUT2D eigenvalue weighted by molar-refractivity contribution is 0.0600. The van der Waals surface area contributed by atoms with Crippen LogP contribution in [0.4, 0.5) is 4.39 Å². The highest BCUT2D eigenvalue weighted by molar-refractivity contribution is 5.89. The zero-order valence-corrected chi connectivity index (χ0v) is 9.84. The molecule has 0 fully saturated rings. The predicted octanol–water partition coefficient (Wildman–Crippen LogP) is 1.57. The van der Waals surface area contributed by atoms with Crippen LogP contribution in [0.2, 0.25) is 0 Å². The van der Waals surface area contributed by atoms with Gasteiger partial charge in [0.15, 0.2) is 0 Å². The van der Waals surface area contributed by atoms with Crippen LogP contribution >= 0.6 is 0 Å². The van der Waals surface area contributed by atoms with Crippen molar-refractivity contribution >= 4 is 5.97 Å². The van der Waals surface area contributed by atoms with Crippen LogP contribution in [-0.4, -0.2) is 26.7 Å². The maximum Gasteiger partial charge on any atom is 0.337 e. The summed E-state index contributed by atoms with van der Waals surface area (Å²) in [4.78, 5) is 11.1. The summed E-state index contributed by atoms with van der Waals surface area (Å²) in [5, 5.41) is 2.94. The number of ether oxygens (including phenoxy) is 1. The molecule has 0 saturated carbocycles. The lowest BCUT2D eigenvalue weighted by Crippen LogP contribution is -2.06. The number of carbonyl (C=O) groups excluding carboxylic acids is 1. The molecule has 0 bridgehead atoms. The number of benzene rings is 1. The molecule has 1 N–H and O–H groups in total. The summed E-state index contributed by atoms with van der Waals surface area (Å²) in [5.41, 5.74) is 0.472. The third kappa shape index (κ3) is 3.89. The molecule has 1 aromatic rings. The SMILES string of the molecule is CNCCC#Cc1ccc(C(=O)OC)cc1F. The van der Waals surface area contributed by atoms with Crippen LogP contribution in [0, 0.1) is 17.7 Å². The molecule has 1 aromatic carbocycles. The largest absolute Gasteiger partial charge is 0.465 e. The molecule has 0 amide bonds. The van der Waals surface area contributed by atoms with Gasteiger partial charge in [-0.25, -0.2) is 9.18 Å². The molecular formula is C13H14FNO2. The number of hydrogen-bond donors (Lipinski definition) is 1. The van der Waals surface area contributed by atoms with Gasteiger partial charge in [-0.3, -0.25) is 0 Å². The zero-order valence-electron chi connectivity index (χ0n) is 9.84. The second-order valence-corrected chi connectivity index (χ2v) is 3.34. The van der Waals surface area contributed by atoms with Crippen LogP contribution in [0.25, 0.3) is 0 Å². The van der Waals surface area contributed by atoms with Crippen molar-refractivity contribution in [2.24, 2.45) is 0 Å². The first kappa shape index (κ1) is 13.2. The van der Waals surface area contributed by atoms with Crippen molar-refractivity contribution in [3.63, 3.8) is 0 Å². The van der Waals surface area contributed by atoms with Gasteiger partial charge >= 0.3 is 5.97 Å². The zero-order chi connectivity index (χ0) is 12.7. The fraction of sp³-hybridized carbons (Fsp3) is 0.308. The summed E-state index contributed by atoms with van der Waals surface area (Å²) in [5.74, 6) is 4.49. The van der Waals surface area contributed by atoms with Gasteiger partial charge < -0.3 is 10.1 Å². The topological polar surface area (TPSA) is 38.3 Å². The molecule has 4 heteroatoms. The number of nitrogens with one attached hydrogen (secondary N) is 1. The van der Waals surface area contributed by atoms with Gasteiger partial charge in [0.2, 0.25) is 0 Å². The normalized spacial score (nSPS) is 9.35. The minimum Gasteiger partial charge on any atom is -0.465 e. The number of rotatable bonds is 3. The van der Waals surface area contributed by atoms with E-state index < -0.39 is 11.8 Å². The van der Waals surface area contributed by atoms with E-state index >= 15 is 0 Å². The number of halogens is 1. The number of carbonyl (C=O) groups is 1. The molecule has 90 valence electrons. The average Bonchev–Trinajstić information content (AvgIpc) is 2.35. The second kappa shape index (κ2) is 6.66. The van der Waals surface area contributed by atoms with E-state index in [0.717, 1.165) is 12.6 Å².